The Morgan fingerprint density at radius 2 is 1.96 bits per heavy atom. The van der Waals surface area contributed by atoms with Gasteiger partial charge in [-0.3, -0.25) is 4.79 Å². The summed E-state index contributed by atoms with van der Waals surface area (Å²) in [6, 6.07) is 13.0. The quantitative estimate of drug-likeness (QED) is 0.714. The molecule has 5 heteroatoms. The summed E-state index contributed by atoms with van der Waals surface area (Å²) in [5.74, 6) is 1.12. The summed E-state index contributed by atoms with van der Waals surface area (Å²) in [6.45, 7) is 3.92. The Morgan fingerprint density at radius 3 is 2.62 bits per heavy atom. The number of methoxy groups -OCH3 is 1. The highest BCUT2D eigenvalue weighted by Crippen LogP contribution is 2.29. The van der Waals surface area contributed by atoms with Crippen LogP contribution in [0.3, 0.4) is 0 Å². The molecule has 126 valence electrons. The molecule has 0 fully saturated rings. The van der Waals surface area contributed by atoms with Gasteiger partial charge in [0.1, 0.15) is 0 Å². The highest BCUT2D eigenvalue weighted by molar-refractivity contribution is 9.10. The molecule has 0 radical (unpaired) electrons. The third-order valence-electron chi connectivity index (χ3n) is 3.07. The first-order valence-corrected chi connectivity index (χ1v) is 8.36. The molecule has 4 nitrogen and oxygen atoms in total. The summed E-state index contributed by atoms with van der Waals surface area (Å²) in [6.07, 6.45) is 3.28. The molecule has 0 aliphatic heterocycles. The number of anilines is 1. The zero-order valence-electron chi connectivity index (χ0n) is 13.9. The minimum absolute atomic E-state index is 0.0660. The van der Waals surface area contributed by atoms with Gasteiger partial charge in [0, 0.05) is 16.2 Å². The van der Waals surface area contributed by atoms with Gasteiger partial charge in [0.2, 0.25) is 5.91 Å². The minimum Gasteiger partial charge on any atom is -0.493 e. The Bertz CT molecular complexity index is 741. The van der Waals surface area contributed by atoms with Gasteiger partial charge in [0.25, 0.3) is 0 Å². The van der Waals surface area contributed by atoms with E-state index in [0.29, 0.717) is 11.5 Å². The SMILES string of the molecule is COc1cc(/C=C/C(=O)Nc2cccc(Br)c2)ccc1OC(C)C. The van der Waals surface area contributed by atoms with Gasteiger partial charge in [0.15, 0.2) is 11.5 Å². The number of rotatable bonds is 6. The van der Waals surface area contributed by atoms with E-state index in [2.05, 4.69) is 21.2 Å². The molecule has 0 aromatic heterocycles. The van der Waals surface area contributed by atoms with Crippen LogP contribution in [-0.2, 0) is 4.79 Å². The predicted molar refractivity (Wildman–Crippen MR) is 101 cm³/mol. The van der Waals surface area contributed by atoms with Crippen LogP contribution in [0.1, 0.15) is 19.4 Å². The lowest BCUT2D eigenvalue weighted by molar-refractivity contribution is -0.111. The predicted octanol–water partition coefficient (Wildman–Crippen LogP) is 4.90. The molecule has 0 aliphatic rings. The van der Waals surface area contributed by atoms with Crippen LogP contribution < -0.4 is 14.8 Å². The largest absolute Gasteiger partial charge is 0.493 e. The molecule has 0 atom stereocenters. The first-order valence-electron chi connectivity index (χ1n) is 7.57. The standard InChI is InChI=1S/C19H20BrNO3/c1-13(2)24-17-9-7-14(11-18(17)23-3)8-10-19(22)21-16-6-4-5-15(20)12-16/h4-13H,1-3H3,(H,21,22)/b10-8+. The first-order chi connectivity index (χ1) is 11.5. The van der Waals surface area contributed by atoms with Crippen molar-refractivity contribution in [1.82, 2.24) is 0 Å². The average molecular weight is 390 g/mol. The number of carbonyl (C=O) groups is 1. The summed E-state index contributed by atoms with van der Waals surface area (Å²) in [7, 11) is 1.59. The fourth-order valence-corrected chi connectivity index (χ4v) is 2.46. The molecule has 2 aromatic carbocycles. The van der Waals surface area contributed by atoms with Gasteiger partial charge in [-0.25, -0.2) is 0 Å². The van der Waals surface area contributed by atoms with E-state index in [9.17, 15) is 4.79 Å². The van der Waals surface area contributed by atoms with Crippen LogP contribution in [0.4, 0.5) is 5.69 Å². The highest BCUT2D eigenvalue weighted by Gasteiger charge is 2.06. The molecule has 0 aliphatic carbocycles. The zero-order chi connectivity index (χ0) is 17.5. The van der Waals surface area contributed by atoms with E-state index in [-0.39, 0.29) is 12.0 Å². The van der Waals surface area contributed by atoms with Gasteiger partial charge in [-0.15, -0.1) is 0 Å². The van der Waals surface area contributed by atoms with Gasteiger partial charge in [0.05, 0.1) is 13.2 Å². The third-order valence-corrected chi connectivity index (χ3v) is 3.56. The average Bonchev–Trinajstić information content (AvgIpc) is 2.53. The summed E-state index contributed by atoms with van der Waals surface area (Å²) in [5.41, 5.74) is 1.59. The lowest BCUT2D eigenvalue weighted by Crippen LogP contribution is -2.07. The third kappa shape index (κ3) is 5.42. The van der Waals surface area contributed by atoms with Crippen molar-refractivity contribution >= 4 is 33.6 Å². The minimum atomic E-state index is -0.199. The molecule has 0 saturated heterocycles. The Morgan fingerprint density at radius 1 is 1.17 bits per heavy atom. The number of amides is 1. The van der Waals surface area contributed by atoms with Gasteiger partial charge < -0.3 is 14.8 Å². The number of hydrogen-bond acceptors (Lipinski definition) is 3. The molecule has 0 bridgehead atoms. The molecule has 2 rings (SSSR count). The fourth-order valence-electron chi connectivity index (χ4n) is 2.06. The van der Waals surface area contributed by atoms with Crippen molar-refractivity contribution in [2.45, 2.75) is 20.0 Å². The van der Waals surface area contributed by atoms with E-state index in [1.54, 1.807) is 13.2 Å². The second-order valence-corrected chi connectivity index (χ2v) is 6.33. The van der Waals surface area contributed by atoms with Crippen LogP contribution in [0.2, 0.25) is 0 Å². The summed E-state index contributed by atoms with van der Waals surface area (Å²) in [5, 5.41) is 2.81. The van der Waals surface area contributed by atoms with Crippen molar-refractivity contribution in [3.05, 3.63) is 58.6 Å². The van der Waals surface area contributed by atoms with Crippen molar-refractivity contribution in [3.8, 4) is 11.5 Å². The number of benzene rings is 2. The molecule has 2 aromatic rings. The van der Waals surface area contributed by atoms with Crippen molar-refractivity contribution in [3.63, 3.8) is 0 Å². The molecule has 0 spiro atoms. The zero-order valence-corrected chi connectivity index (χ0v) is 15.5. The van der Waals surface area contributed by atoms with E-state index >= 15 is 0 Å². The van der Waals surface area contributed by atoms with Crippen molar-refractivity contribution in [1.29, 1.82) is 0 Å². The highest BCUT2D eigenvalue weighted by atomic mass is 79.9. The maximum Gasteiger partial charge on any atom is 0.248 e. The van der Waals surface area contributed by atoms with E-state index in [0.717, 1.165) is 15.7 Å². The second-order valence-electron chi connectivity index (χ2n) is 5.41. The molecular weight excluding hydrogens is 370 g/mol. The molecule has 1 N–H and O–H groups in total. The van der Waals surface area contributed by atoms with E-state index in [4.69, 9.17) is 9.47 Å². The molecule has 0 heterocycles. The lowest BCUT2D eigenvalue weighted by atomic mass is 10.2. The fraction of sp³-hybridized carbons (Fsp3) is 0.211. The Kier molecular flexibility index (Phi) is 6.44. The summed E-state index contributed by atoms with van der Waals surface area (Å²) < 4.78 is 11.9. The smallest absolute Gasteiger partial charge is 0.248 e. The molecule has 0 unspecified atom stereocenters. The van der Waals surface area contributed by atoms with Gasteiger partial charge in [-0.1, -0.05) is 28.1 Å². The van der Waals surface area contributed by atoms with Crippen LogP contribution in [0.5, 0.6) is 11.5 Å². The molecule has 1 amide bonds. The van der Waals surface area contributed by atoms with Crippen molar-refractivity contribution in [2.75, 3.05) is 12.4 Å². The molecule has 0 saturated carbocycles. The number of nitrogens with one attached hydrogen (secondary N) is 1. The molecular formula is C19H20BrNO3. The lowest BCUT2D eigenvalue weighted by Gasteiger charge is -2.13. The number of halogens is 1. The van der Waals surface area contributed by atoms with E-state index in [1.165, 1.54) is 6.08 Å². The number of carbonyl (C=O) groups excluding carboxylic acids is 1. The topological polar surface area (TPSA) is 47.6 Å². The first kappa shape index (κ1) is 18.1. The van der Waals surface area contributed by atoms with Crippen molar-refractivity contribution in [2.24, 2.45) is 0 Å². The normalized spacial score (nSPS) is 10.9. The number of hydrogen-bond donors (Lipinski definition) is 1. The monoisotopic (exact) mass is 389 g/mol. The summed E-state index contributed by atoms with van der Waals surface area (Å²) in [4.78, 5) is 12.0. The Labute approximate surface area is 150 Å². The van der Waals surface area contributed by atoms with Gasteiger partial charge in [-0.05, 0) is 55.8 Å². The van der Waals surface area contributed by atoms with Gasteiger partial charge >= 0.3 is 0 Å². The van der Waals surface area contributed by atoms with Crippen LogP contribution in [0, 0.1) is 0 Å². The van der Waals surface area contributed by atoms with Crippen LogP contribution in [-0.4, -0.2) is 19.1 Å². The van der Waals surface area contributed by atoms with E-state index in [1.807, 2.05) is 56.3 Å². The maximum absolute atomic E-state index is 12.0. The van der Waals surface area contributed by atoms with Crippen LogP contribution in [0.25, 0.3) is 6.08 Å². The Balaban J connectivity index is 2.06. The van der Waals surface area contributed by atoms with Crippen LogP contribution >= 0.6 is 15.9 Å². The Hall–Kier alpha value is -2.27. The van der Waals surface area contributed by atoms with Crippen LogP contribution in [0.15, 0.2) is 53.0 Å². The summed E-state index contributed by atoms with van der Waals surface area (Å²) >= 11 is 3.37. The second kappa shape index (κ2) is 8.55. The molecule has 24 heavy (non-hydrogen) atoms. The maximum atomic E-state index is 12.0. The number of ether oxygens (including phenoxy) is 2. The van der Waals surface area contributed by atoms with Gasteiger partial charge in [-0.2, -0.15) is 0 Å². The van der Waals surface area contributed by atoms with E-state index < -0.39 is 0 Å². The van der Waals surface area contributed by atoms with Crippen molar-refractivity contribution < 1.29 is 14.3 Å².